The van der Waals surface area contributed by atoms with Crippen LogP contribution in [0.4, 0.5) is 4.39 Å². The molecule has 0 aromatic heterocycles. The number of hydrogen-bond acceptors (Lipinski definition) is 1. The number of benzene rings is 2. The summed E-state index contributed by atoms with van der Waals surface area (Å²) in [5, 5.41) is 6.51. The average Bonchev–Trinajstić information content (AvgIpc) is 2.51. The summed E-state index contributed by atoms with van der Waals surface area (Å²) >= 11 is 0. The zero-order valence-corrected chi connectivity index (χ0v) is 15.8. The number of rotatable bonds is 5. The van der Waals surface area contributed by atoms with Crippen molar-refractivity contribution in [2.45, 2.75) is 19.9 Å². The second-order valence-electron chi connectivity index (χ2n) is 5.22. The predicted molar refractivity (Wildman–Crippen MR) is 105 cm³/mol. The number of hydrogen-bond donors (Lipinski definition) is 2. The Labute approximate surface area is 154 Å². The van der Waals surface area contributed by atoms with Crippen LogP contribution in [0.5, 0.6) is 0 Å². The molecule has 2 aromatic rings. The fourth-order valence-corrected chi connectivity index (χ4v) is 2.25. The third-order valence-corrected chi connectivity index (χ3v) is 3.36. The Morgan fingerprint density at radius 3 is 2.48 bits per heavy atom. The lowest BCUT2D eigenvalue weighted by atomic mass is 10.1. The molecule has 0 saturated heterocycles. The lowest BCUT2D eigenvalue weighted by molar-refractivity contribution is 0.625. The number of guanidine groups is 1. The third kappa shape index (κ3) is 6.99. The first-order valence-corrected chi connectivity index (χ1v) is 7.42. The highest BCUT2D eigenvalue weighted by Gasteiger charge is 2.00. The van der Waals surface area contributed by atoms with Gasteiger partial charge in [-0.2, -0.15) is 0 Å². The molecule has 2 rings (SSSR count). The van der Waals surface area contributed by atoms with Crippen LogP contribution in [0.3, 0.4) is 0 Å². The molecule has 0 amide bonds. The van der Waals surface area contributed by atoms with Crippen LogP contribution in [0.2, 0.25) is 0 Å². The smallest absolute Gasteiger partial charge is 0.191 e. The summed E-state index contributed by atoms with van der Waals surface area (Å²) in [6.45, 7) is 3.51. The van der Waals surface area contributed by atoms with Crippen LogP contribution in [0.15, 0.2) is 53.5 Å². The molecule has 0 unspecified atom stereocenters. The molecule has 0 aliphatic rings. The molecule has 0 atom stereocenters. The number of nitrogens with one attached hydrogen (secondary N) is 2. The van der Waals surface area contributed by atoms with Crippen LogP contribution < -0.4 is 10.6 Å². The minimum Gasteiger partial charge on any atom is -0.356 e. The molecule has 0 radical (unpaired) electrons. The molecule has 0 saturated carbocycles. The Hall–Kier alpha value is -1.63. The van der Waals surface area contributed by atoms with Gasteiger partial charge in [-0.25, -0.2) is 4.39 Å². The van der Waals surface area contributed by atoms with Crippen molar-refractivity contribution in [2.75, 3.05) is 13.6 Å². The SMILES string of the molecule is CN=C(NCCc1cccc(F)c1)NCc1cccc(C)c1.I. The molecule has 23 heavy (non-hydrogen) atoms. The highest BCUT2D eigenvalue weighted by atomic mass is 127. The molecular formula is C18H23FIN3. The van der Waals surface area contributed by atoms with Gasteiger partial charge in [0, 0.05) is 20.1 Å². The zero-order valence-electron chi connectivity index (χ0n) is 13.5. The molecule has 0 aliphatic carbocycles. The highest BCUT2D eigenvalue weighted by Crippen LogP contribution is 2.04. The predicted octanol–water partition coefficient (Wildman–Crippen LogP) is 3.66. The van der Waals surface area contributed by atoms with Gasteiger partial charge in [0.2, 0.25) is 0 Å². The van der Waals surface area contributed by atoms with E-state index >= 15 is 0 Å². The van der Waals surface area contributed by atoms with E-state index in [0.717, 1.165) is 24.5 Å². The van der Waals surface area contributed by atoms with Gasteiger partial charge in [0.05, 0.1) is 0 Å². The summed E-state index contributed by atoms with van der Waals surface area (Å²) < 4.78 is 13.1. The van der Waals surface area contributed by atoms with E-state index in [9.17, 15) is 4.39 Å². The first-order valence-electron chi connectivity index (χ1n) is 7.42. The van der Waals surface area contributed by atoms with E-state index in [-0.39, 0.29) is 29.8 Å². The normalized spacial score (nSPS) is 10.8. The molecule has 0 fully saturated rings. The van der Waals surface area contributed by atoms with Gasteiger partial charge in [-0.3, -0.25) is 4.99 Å². The average molecular weight is 427 g/mol. The van der Waals surface area contributed by atoms with Gasteiger partial charge < -0.3 is 10.6 Å². The number of halogens is 2. The summed E-state index contributed by atoms with van der Waals surface area (Å²) in [7, 11) is 1.74. The van der Waals surface area contributed by atoms with Gasteiger partial charge in [0.25, 0.3) is 0 Å². The van der Waals surface area contributed by atoms with Crippen molar-refractivity contribution in [1.82, 2.24) is 10.6 Å². The molecule has 124 valence electrons. The molecule has 2 N–H and O–H groups in total. The van der Waals surface area contributed by atoms with Crippen molar-refractivity contribution in [3.63, 3.8) is 0 Å². The maximum atomic E-state index is 13.1. The Morgan fingerprint density at radius 1 is 1.04 bits per heavy atom. The summed E-state index contributed by atoms with van der Waals surface area (Å²) in [6, 6.07) is 15.0. The minimum atomic E-state index is -0.195. The maximum Gasteiger partial charge on any atom is 0.191 e. The van der Waals surface area contributed by atoms with E-state index in [2.05, 4.69) is 40.7 Å². The van der Waals surface area contributed by atoms with Gasteiger partial charge in [-0.1, -0.05) is 42.0 Å². The van der Waals surface area contributed by atoms with Crippen LogP contribution in [-0.2, 0) is 13.0 Å². The lowest BCUT2D eigenvalue weighted by Crippen LogP contribution is -2.37. The van der Waals surface area contributed by atoms with Gasteiger partial charge in [0.15, 0.2) is 5.96 Å². The molecular weight excluding hydrogens is 404 g/mol. The molecule has 0 heterocycles. The quantitative estimate of drug-likeness (QED) is 0.434. The van der Waals surface area contributed by atoms with Gasteiger partial charge in [-0.05, 0) is 36.6 Å². The fourth-order valence-electron chi connectivity index (χ4n) is 2.25. The molecule has 0 spiro atoms. The number of aliphatic imine (C=N–C) groups is 1. The van der Waals surface area contributed by atoms with Crippen LogP contribution in [-0.4, -0.2) is 19.6 Å². The molecule has 5 heteroatoms. The first kappa shape index (κ1) is 19.4. The lowest BCUT2D eigenvalue weighted by Gasteiger charge is -2.12. The van der Waals surface area contributed by atoms with Gasteiger partial charge in [-0.15, -0.1) is 24.0 Å². The summed E-state index contributed by atoms with van der Waals surface area (Å²) in [6.07, 6.45) is 0.753. The van der Waals surface area contributed by atoms with E-state index in [4.69, 9.17) is 0 Å². The van der Waals surface area contributed by atoms with Crippen molar-refractivity contribution in [3.8, 4) is 0 Å². The van der Waals surface area contributed by atoms with E-state index in [0.29, 0.717) is 6.54 Å². The van der Waals surface area contributed by atoms with E-state index in [1.54, 1.807) is 19.2 Å². The largest absolute Gasteiger partial charge is 0.356 e. The highest BCUT2D eigenvalue weighted by molar-refractivity contribution is 14.0. The van der Waals surface area contributed by atoms with Crippen molar-refractivity contribution >= 4 is 29.9 Å². The minimum absolute atomic E-state index is 0. The first-order chi connectivity index (χ1) is 10.7. The van der Waals surface area contributed by atoms with Crippen LogP contribution in [0.1, 0.15) is 16.7 Å². The van der Waals surface area contributed by atoms with Crippen molar-refractivity contribution in [3.05, 3.63) is 71.0 Å². The van der Waals surface area contributed by atoms with E-state index in [1.165, 1.54) is 17.2 Å². The van der Waals surface area contributed by atoms with Crippen molar-refractivity contribution in [2.24, 2.45) is 4.99 Å². The monoisotopic (exact) mass is 427 g/mol. The Morgan fingerprint density at radius 2 is 1.78 bits per heavy atom. The maximum absolute atomic E-state index is 13.1. The molecule has 3 nitrogen and oxygen atoms in total. The second kappa shape index (κ2) is 10.2. The third-order valence-electron chi connectivity index (χ3n) is 3.36. The molecule has 0 aliphatic heterocycles. The summed E-state index contributed by atoms with van der Waals surface area (Å²) in [5.41, 5.74) is 3.43. The van der Waals surface area contributed by atoms with E-state index in [1.807, 2.05) is 12.1 Å². The zero-order chi connectivity index (χ0) is 15.8. The molecule has 2 aromatic carbocycles. The second-order valence-corrected chi connectivity index (χ2v) is 5.22. The number of aryl methyl sites for hydroxylation is 1. The summed E-state index contributed by atoms with van der Waals surface area (Å²) in [5.74, 6) is 0.553. The van der Waals surface area contributed by atoms with Gasteiger partial charge in [0.1, 0.15) is 5.82 Å². The van der Waals surface area contributed by atoms with Gasteiger partial charge >= 0.3 is 0 Å². The van der Waals surface area contributed by atoms with Crippen LogP contribution in [0.25, 0.3) is 0 Å². The molecule has 0 bridgehead atoms. The Bertz CT molecular complexity index is 644. The standard InChI is InChI=1S/C18H22FN3.HI/c1-14-5-3-7-16(11-14)13-22-18(20-2)21-10-9-15-6-4-8-17(19)12-15;/h3-8,11-12H,9-10,13H2,1-2H3,(H2,20,21,22);1H. The topological polar surface area (TPSA) is 36.4 Å². The van der Waals surface area contributed by atoms with Crippen LogP contribution in [0, 0.1) is 12.7 Å². The van der Waals surface area contributed by atoms with Crippen molar-refractivity contribution < 1.29 is 4.39 Å². The Balaban J connectivity index is 0.00000264. The summed E-state index contributed by atoms with van der Waals surface area (Å²) in [4.78, 5) is 4.19. The van der Waals surface area contributed by atoms with Crippen molar-refractivity contribution in [1.29, 1.82) is 0 Å². The van der Waals surface area contributed by atoms with Crippen LogP contribution >= 0.6 is 24.0 Å². The Kier molecular flexibility index (Phi) is 8.61. The van der Waals surface area contributed by atoms with E-state index < -0.39 is 0 Å². The fraction of sp³-hybridized carbons (Fsp3) is 0.278. The number of nitrogens with zero attached hydrogens (tertiary/aromatic N) is 1.